The molecule has 0 spiro atoms. The van der Waals surface area contributed by atoms with Gasteiger partial charge >= 0.3 is 0 Å². The summed E-state index contributed by atoms with van der Waals surface area (Å²) in [5.74, 6) is 0. The number of hydrogen-bond donors (Lipinski definition) is 0. The van der Waals surface area contributed by atoms with Gasteiger partial charge in [0, 0.05) is 6.61 Å². The largest absolute Gasteiger partial charge is 0.407 e. The Morgan fingerprint density at radius 1 is 0.622 bits per heavy atom. The molecule has 0 amide bonds. The summed E-state index contributed by atoms with van der Waals surface area (Å²) in [5, 5.41) is 2.90. The van der Waals surface area contributed by atoms with Crippen LogP contribution >= 0.6 is 0 Å². The summed E-state index contributed by atoms with van der Waals surface area (Å²) in [6, 6.07) is 22.3. The van der Waals surface area contributed by atoms with Crippen LogP contribution in [0.15, 0.2) is 60.7 Å². The van der Waals surface area contributed by atoms with Gasteiger partial charge in [-0.05, 0) is 51.9 Å². The third kappa shape index (κ3) is 6.61. The highest BCUT2D eigenvalue weighted by Gasteiger charge is 2.67. The molecule has 2 aromatic rings. The summed E-state index contributed by atoms with van der Waals surface area (Å²) >= 11 is 0. The molecule has 0 unspecified atom stereocenters. The van der Waals surface area contributed by atoms with E-state index in [1.807, 2.05) is 0 Å². The molecule has 2 heteroatoms. The van der Waals surface area contributed by atoms with E-state index in [9.17, 15) is 0 Å². The molecule has 1 nitrogen and oxygen atoms in total. The zero-order chi connectivity index (χ0) is 26.2. The van der Waals surface area contributed by atoms with Crippen LogP contribution in [0, 0.1) is 10.8 Å². The maximum Gasteiger partial charge on any atom is 0.261 e. The SMILES string of the molecule is CCCCCCCCCCCCCC12CC(CO[Si](c3ccccc3)(c3ccccc3)C(C)(C)C)(C1)C2. The molecule has 37 heavy (non-hydrogen) atoms. The number of benzene rings is 2. The van der Waals surface area contributed by atoms with Crippen molar-refractivity contribution in [3.8, 4) is 0 Å². The zero-order valence-electron chi connectivity index (χ0n) is 24.5. The maximum absolute atomic E-state index is 7.31. The minimum Gasteiger partial charge on any atom is -0.407 e. The first-order chi connectivity index (χ1) is 17.8. The minimum atomic E-state index is -2.40. The molecule has 3 saturated carbocycles. The van der Waals surface area contributed by atoms with Crippen LogP contribution in [-0.4, -0.2) is 14.9 Å². The number of unbranched alkanes of at least 4 members (excludes halogenated alkanes) is 10. The van der Waals surface area contributed by atoms with Crippen LogP contribution in [0.3, 0.4) is 0 Å². The highest BCUT2D eigenvalue weighted by atomic mass is 28.4. The summed E-state index contributed by atoms with van der Waals surface area (Å²) in [5.41, 5.74) is 1.14. The molecule has 0 saturated heterocycles. The van der Waals surface area contributed by atoms with E-state index in [-0.39, 0.29) is 5.04 Å². The van der Waals surface area contributed by atoms with Gasteiger partial charge in [0.05, 0.1) is 0 Å². The summed E-state index contributed by atoms with van der Waals surface area (Å²) < 4.78 is 7.31. The van der Waals surface area contributed by atoms with E-state index in [0.29, 0.717) is 10.8 Å². The van der Waals surface area contributed by atoms with Crippen LogP contribution in [0.25, 0.3) is 0 Å². The van der Waals surface area contributed by atoms with E-state index in [0.717, 1.165) is 6.61 Å². The van der Waals surface area contributed by atoms with Gasteiger partial charge < -0.3 is 4.43 Å². The van der Waals surface area contributed by atoms with E-state index in [1.165, 1.54) is 107 Å². The van der Waals surface area contributed by atoms with Crippen LogP contribution in [0.1, 0.15) is 124 Å². The Labute approximate surface area is 229 Å². The molecule has 0 radical (unpaired) electrons. The minimum absolute atomic E-state index is 0.0758. The molecule has 3 aliphatic rings. The van der Waals surface area contributed by atoms with Gasteiger partial charge in [-0.3, -0.25) is 0 Å². The van der Waals surface area contributed by atoms with Crippen molar-refractivity contribution in [2.75, 3.05) is 6.61 Å². The maximum atomic E-state index is 7.31. The summed E-state index contributed by atoms with van der Waals surface area (Å²) in [6.45, 7) is 10.4. The highest BCUT2D eigenvalue weighted by Crippen LogP contribution is 2.75. The molecule has 2 bridgehead atoms. The molecule has 0 N–H and O–H groups in total. The van der Waals surface area contributed by atoms with Gasteiger partial charge in [0.2, 0.25) is 0 Å². The smallest absolute Gasteiger partial charge is 0.261 e. The zero-order valence-corrected chi connectivity index (χ0v) is 25.5. The second-order valence-electron chi connectivity index (χ2n) is 13.8. The third-order valence-electron chi connectivity index (χ3n) is 9.57. The summed E-state index contributed by atoms with van der Waals surface area (Å²) in [6.07, 6.45) is 21.6. The van der Waals surface area contributed by atoms with Crippen molar-refractivity contribution in [1.82, 2.24) is 0 Å². The molecule has 0 aliphatic heterocycles. The highest BCUT2D eigenvalue weighted by molar-refractivity contribution is 6.99. The monoisotopic (exact) mass is 518 g/mol. The van der Waals surface area contributed by atoms with Crippen LogP contribution in [0.2, 0.25) is 5.04 Å². The fourth-order valence-corrected chi connectivity index (χ4v) is 12.5. The molecule has 0 heterocycles. The Balaban J connectivity index is 1.23. The molecule has 3 fully saturated rings. The average molecular weight is 519 g/mol. The molecular formula is C35H54OSi. The molecule has 0 atom stereocenters. The molecule has 0 aromatic heterocycles. The van der Waals surface area contributed by atoms with E-state index < -0.39 is 8.32 Å². The van der Waals surface area contributed by atoms with Crippen LogP contribution in [-0.2, 0) is 4.43 Å². The first kappa shape index (κ1) is 28.6. The van der Waals surface area contributed by atoms with E-state index in [2.05, 4.69) is 88.4 Å². The van der Waals surface area contributed by atoms with Crippen molar-refractivity contribution in [3.05, 3.63) is 60.7 Å². The first-order valence-electron chi connectivity index (χ1n) is 15.6. The molecule has 5 rings (SSSR count). The van der Waals surface area contributed by atoms with Gasteiger partial charge in [0.1, 0.15) is 0 Å². The summed E-state index contributed by atoms with van der Waals surface area (Å²) in [4.78, 5) is 0. The second kappa shape index (κ2) is 12.6. The van der Waals surface area contributed by atoms with Gasteiger partial charge in [-0.1, -0.05) is 159 Å². The van der Waals surface area contributed by atoms with Crippen LogP contribution in [0.4, 0.5) is 0 Å². The van der Waals surface area contributed by atoms with Crippen LogP contribution < -0.4 is 10.4 Å². The van der Waals surface area contributed by atoms with Gasteiger partial charge in [-0.15, -0.1) is 0 Å². The Hall–Kier alpha value is -1.38. The Morgan fingerprint density at radius 2 is 1.05 bits per heavy atom. The molecule has 2 aromatic carbocycles. The lowest BCUT2D eigenvalue weighted by Crippen LogP contribution is -2.70. The fourth-order valence-electron chi connectivity index (χ4n) is 7.84. The Morgan fingerprint density at radius 3 is 1.49 bits per heavy atom. The fraction of sp³-hybridized carbons (Fsp3) is 0.657. The van der Waals surface area contributed by atoms with Crippen molar-refractivity contribution in [2.45, 2.75) is 129 Å². The standard InChI is InChI=1S/C35H54OSi/c1-5-6-7-8-9-10-11-12-13-14-21-26-34-27-35(28-34,29-34)30-36-37(33(2,3)4,31-22-17-15-18-23-31)32-24-19-16-20-25-32/h15-20,22-25H,5-14,21,26-30H2,1-4H3. The van der Waals surface area contributed by atoms with Crippen molar-refractivity contribution < 1.29 is 4.43 Å². The van der Waals surface area contributed by atoms with Crippen LogP contribution in [0.5, 0.6) is 0 Å². The van der Waals surface area contributed by atoms with Gasteiger partial charge in [-0.2, -0.15) is 0 Å². The average Bonchev–Trinajstić information content (AvgIpc) is 2.85. The lowest BCUT2D eigenvalue weighted by atomic mass is 9.34. The molecule has 204 valence electrons. The number of rotatable bonds is 17. The van der Waals surface area contributed by atoms with Gasteiger partial charge in [-0.25, -0.2) is 0 Å². The third-order valence-corrected chi connectivity index (χ3v) is 14.6. The first-order valence-corrected chi connectivity index (χ1v) is 17.5. The number of hydrogen-bond acceptors (Lipinski definition) is 1. The summed E-state index contributed by atoms with van der Waals surface area (Å²) in [7, 11) is -2.40. The molecule has 3 aliphatic carbocycles. The Bertz CT molecular complexity index is 869. The Kier molecular flexibility index (Phi) is 9.78. The van der Waals surface area contributed by atoms with Crippen molar-refractivity contribution in [2.24, 2.45) is 10.8 Å². The molecular weight excluding hydrogens is 464 g/mol. The van der Waals surface area contributed by atoms with E-state index in [4.69, 9.17) is 4.43 Å². The van der Waals surface area contributed by atoms with E-state index >= 15 is 0 Å². The topological polar surface area (TPSA) is 9.23 Å². The van der Waals surface area contributed by atoms with E-state index in [1.54, 1.807) is 0 Å². The normalized spacial score (nSPS) is 22.9. The van der Waals surface area contributed by atoms with Crippen molar-refractivity contribution in [3.63, 3.8) is 0 Å². The lowest BCUT2D eigenvalue weighted by molar-refractivity contribution is -0.224. The second-order valence-corrected chi connectivity index (χ2v) is 18.1. The predicted molar refractivity (Wildman–Crippen MR) is 163 cm³/mol. The van der Waals surface area contributed by atoms with Gasteiger partial charge in [0.15, 0.2) is 0 Å². The van der Waals surface area contributed by atoms with Gasteiger partial charge in [0.25, 0.3) is 8.32 Å². The quantitative estimate of drug-likeness (QED) is 0.150. The lowest BCUT2D eigenvalue weighted by Gasteiger charge is -2.72. The van der Waals surface area contributed by atoms with Crippen molar-refractivity contribution >= 4 is 18.7 Å². The predicted octanol–water partition coefficient (Wildman–Crippen LogP) is 9.43. The van der Waals surface area contributed by atoms with Crippen molar-refractivity contribution in [1.29, 1.82) is 0 Å².